The molecular formula is C118H78BN5O2. The SMILES string of the molecule is CC(C)(C)c1cc2c3c(c1)N(c1c(-c4ccccc4)cccc1-c1ccccc1)c1ccc(-c4cccc(-n5c6ccccc6c6cc7oc8ccccc8c7cc65)n4)cc1B3c1cc(-c3cc(C4c5ccccc5-c5ccccc54)cc(C4c5ccccc5-c5cc6oc7ccccc7c6cc54)n3)ccc1N2c1c(-c2ccccc2)cccc1-c1ccccc1. The summed E-state index contributed by atoms with van der Waals surface area (Å²) in [6.07, 6.45) is 0. The third-order valence-corrected chi connectivity index (χ3v) is 27.3. The minimum absolute atomic E-state index is 0.0937. The van der Waals surface area contributed by atoms with Crippen LogP contribution in [0.25, 0.3) is 161 Å². The van der Waals surface area contributed by atoms with Crippen LogP contribution in [-0.2, 0) is 5.41 Å². The van der Waals surface area contributed by atoms with Gasteiger partial charge in [0.05, 0.1) is 45.4 Å². The van der Waals surface area contributed by atoms with E-state index in [1.54, 1.807) is 0 Å². The topological polar surface area (TPSA) is 63.5 Å². The first-order valence-electron chi connectivity index (χ1n) is 43.8. The number of furan rings is 2. The molecule has 126 heavy (non-hydrogen) atoms. The van der Waals surface area contributed by atoms with Gasteiger partial charge in [-0.25, -0.2) is 4.98 Å². The van der Waals surface area contributed by atoms with E-state index in [9.17, 15) is 0 Å². The van der Waals surface area contributed by atoms with E-state index in [1.807, 2.05) is 6.07 Å². The largest absolute Gasteiger partial charge is 0.456 e. The van der Waals surface area contributed by atoms with Crippen LogP contribution >= 0.6 is 0 Å². The van der Waals surface area contributed by atoms with Gasteiger partial charge in [0.15, 0.2) is 0 Å². The molecule has 0 amide bonds. The predicted octanol–water partition coefficient (Wildman–Crippen LogP) is 29.1. The normalized spacial score (nSPS) is 13.7. The van der Waals surface area contributed by atoms with Crippen molar-refractivity contribution in [1.82, 2.24) is 14.5 Å². The molecule has 0 saturated heterocycles. The number of aromatic nitrogens is 3. The molecule has 4 aliphatic rings. The maximum Gasteiger partial charge on any atom is 0.252 e. The van der Waals surface area contributed by atoms with Gasteiger partial charge in [-0.2, -0.15) is 0 Å². The molecule has 7 heterocycles. The number of benzene rings is 17. The Labute approximate surface area is 729 Å². The van der Waals surface area contributed by atoms with Gasteiger partial charge in [0.25, 0.3) is 6.71 Å². The number of fused-ring (bicyclic) bond motifs is 19. The van der Waals surface area contributed by atoms with Crippen LogP contribution in [0, 0.1) is 0 Å². The summed E-state index contributed by atoms with van der Waals surface area (Å²) < 4.78 is 15.7. The summed E-state index contributed by atoms with van der Waals surface area (Å²) in [6, 6.07) is 151. The van der Waals surface area contributed by atoms with Gasteiger partial charge in [-0.3, -0.25) is 9.55 Å². The molecule has 0 radical (unpaired) electrons. The summed E-state index contributed by atoms with van der Waals surface area (Å²) in [7, 11) is 0. The van der Waals surface area contributed by atoms with E-state index in [4.69, 9.17) is 18.8 Å². The van der Waals surface area contributed by atoms with Crippen molar-refractivity contribution in [1.29, 1.82) is 0 Å². The lowest BCUT2D eigenvalue weighted by molar-refractivity contribution is 0.590. The molecule has 2 aliphatic carbocycles. The van der Waals surface area contributed by atoms with Gasteiger partial charge in [0.2, 0.25) is 0 Å². The molecule has 0 fully saturated rings. The second kappa shape index (κ2) is 27.8. The van der Waals surface area contributed by atoms with Crippen LogP contribution in [-0.4, -0.2) is 21.2 Å². The number of pyridine rings is 2. The van der Waals surface area contributed by atoms with E-state index in [-0.39, 0.29) is 17.3 Å². The highest BCUT2D eigenvalue weighted by atomic mass is 16.3. The number of para-hydroxylation sites is 5. The van der Waals surface area contributed by atoms with Crippen molar-refractivity contribution in [2.75, 3.05) is 9.80 Å². The fourth-order valence-electron chi connectivity index (χ4n) is 21.6. The first-order valence-corrected chi connectivity index (χ1v) is 43.8. The van der Waals surface area contributed by atoms with Gasteiger partial charge in [-0.15, -0.1) is 0 Å². The maximum absolute atomic E-state index is 6.74. The molecule has 0 spiro atoms. The second-order valence-corrected chi connectivity index (χ2v) is 35.3. The molecule has 590 valence electrons. The lowest BCUT2D eigenvalue weighted by Crippen LogP contribution is -2.61. The van der Waals surface area contributed by atoms with Crippen LogP contribution in [0.15, 0.2) is 415 Å². The molecule has 7 nitrogen and oxygen atoms in total. The Morgan fingerprint density at radius 3 is 1.26 bits per heavy atom. The van der Waals surface area contributed by atoms with E-state index in [2.05, 4.69) is 436 Å². The summed E-state index contributed by atoms with van der Waals surface area (Å²) in [5.74, 6) is 0.496. The number of anilines is 6. The third kappa shape index (κ3) is 11.0. The van der Waals surface area contributed by atoms with Crippen molar-refractivity contribution < 1.29 is 8.83 Å². The van der Waals surface area contributed by atoms with Crippen molar-refractivity contribution in [3.8, 4) is 95.1 Å². The highest BCUT2D eigenvalue weighted by Gasteiger charge is 2.47. The number of hydrogen-bond donors (Lipinski definition) is 0. The molecule has 1 unspecified atom stereocenters. The number of hydrogen-bond acceptors (Lipinski definition) is 6. The molecule has 0 bridgehead atoms. The number of rotatable bonds is 11. The van der Waals surface area contributed by atoms with Crippen LogP contribution in [0.2, 0.25) is 0 Å². The van der Waals surface area contributed by atoms with Crippen LogP contribution < -0.4 is 26.2 Å². The van der Waals surface area contributed by atoms with Crippen LogP contribution in [0.3, 0.4) is 0 Å². The van der Waals surface area contributed by atoms with E-state index in [0.717, 1.165) is 189 Å². The first kappa shape index (κ1) is 71.8. The van der Waals surface area contributed by atoms with E-state index < -0.39 is 6.71 Å². The first-order chi connectivity index (χ1) is 62.1. The van der Waals surface area contributed by atoms with Crippen molar-refractivity contribution in [2.45, 2.75) is 38.0 Å². The Kier molecular flexibility index (Phi) is 15.9. The third-order valence-electron chi connectivity index (χ3n) is 27.3. The van der Waals surface area contributed by atoms with Gasteiger partial charge >= 0.3 is 0 Å². The molecule has 1 atom stereocenters. The summed E-state index contributed by atoms with van der Waals surface area (Å²) in [6.45, 7) is 6.73. The maximum atomic E-state index is 6.74. The monoisotopic (exact) mass is 1610 g/mol. The Morgan fingerprint density at radius 1 is 0.278 bits per heavy atom. The highest BCUT2D eigenvalue weighted by Crippen LogP contribution is 2.57. The number of nitrogens with zero attached hydrogens (tertiary/aromatic N) is 5. The molecule has 5 aromatic heterocycles. The van der Waals surface area contributed by atoms with Crippen LogP contribution in [0.5, 0.6) is 0 Å². The summed E-state index contributed by atoms with van der Waals surface area (Å²) >= 11 is 0. The minimum atomic E-state index is -0.403. The zero-order valence-electron chi connectivity index (χ0n) is 69.5. The van der Waals surface area contributed by atoms with E-state index >= 15 is 0 Å². The molecule has 8 heteroatoms. The lowest BCUT2D eigenvalue weighted by atomic mass is 9.33. The van der Waals surface area contributed by atoms with Gasteiger partial charge in [-0.1, -0.05) is 336 Å². The molecule has 0 N–H and O–H groups in total. The van der Waals surface area contributed by atoms with E-state index in [1.165, 1.54) is 61.1 Å². The molecule has 26 rings (SSSR count). The average Bonchev–Trinajstić information content (AvgIpc) is 1.64. The Hall–Kier alpha value is -15.9. The predicted molar refractivity (Wildman–Crippen MR) is 522 cm³/mol. The molecular weight excluding hydrogens is 1530 g/mol. The quantitative estimate of drug-likeness (QED) is 0.120. The fraction of sp³-hybridized carbons (Fsp3) is 0.0508. The van der Waals surface area contributed by atoms with E-state index in [0.29, 0.717) is 0 Å². The summed E-state index contributed by atoms with van der Waals surface area (Å²) in [5, 5.41) is 6.58. The zero-order valence-corrected chi connectivity index (χ0v) is 69.5. The van der Waals surface area contributed by atoms with Gasteiger partial charge in [-0.05, 0) is 202 Å². The molecule has 17 aromatic carbocycles. The Bertz CT molecular complexity index is 8130. The van der Waals surface area contributed by atoms with Crippen molar-refractivity contribution >= 4 is 123 Å². The van der Waals surface area contributed by atoms with Crippen molar-refractivity contribution in [3.63, 3.8) is 0 Å². The minimum Gasteiger partial charge on any atom is -0.456 e. The Morgan fingerprint density at radius 2 is 0.722 bits per heavy atom. The lowest BCUT2D eigenvalue weighted by Gasteiger charge is -2.46. The van der Waals surface area contributed by atoms with Crippen molar-refractivity contribution in [3.05, 3.63) is 446 Å². The Balaban J connectivity index is 0.774. The average molecular weight is 1610 g/mol. The fourth-order valence-corrected chi connectivity index (χ4v) is 21.6. The van der Waals surface area contributed by atoms with Crippen molar-refractivity contribution in [2.24, 2.45) is 0 Å². The van der Waals surface area contributed by atoms with Gasteiger partial charge in [0, 0.05) is 83.2 Å². The second-order valence-electron chi connectivity index (χ2n) is 35.3. The smallest absolute Gasteiger partial charge is 0.252 e. The highest BCUT2D eigenvalue weighted by molar-refractivity contribution is 7.00. The molecule has 2 aliphatic heterocycles. The molecule has 22 aromatic rings. The summed E-state index contributed by atoms with van der Waals surface area (Å²) in [5.41, 5.74) is 41.2. The zero-order chi connectivity index (χ0) is 83.1. The standard InChI is InChI=1S/C118H78BN5O2/c1-118(2,3)78-65-106-115-107(66-78)124(117-81(73-35-12-6-13-36-73)50-29-51-82(117)74-37-14-7-15-38-74)104-60-58-76(100-63-77(113-89-45-19-16-39-83(89)84-40-17-20-46-90(84)113)64-101(120-100)114-91-47-21-18-41-85(91)92-69-110-94(67-96(92)114)87-43-23-26-54-108(87)125-110)62-98(104)119(115)97-61-75(57-59-103(97)123(106)116-79(71-31-8-4-9-32-71)48-28-49-80(116)72-33-10-5-11-34-72)99-52-30-56-112(121-99)122-102-53-25-22-42-86(102)93-70-111-95(68-105(93)122)88-44-24-27-55-109(88)126-111/h4-70,113-114H,1-3H3. The van der Waals surface area contributed by atoms with Gasteiger partial charge < -0.3 is 18.6 Å². The van der Waals surface area contributed by atoms with Crippen LogP contribution in [0.1, 0.15) is 71.7 Å². The van der Waals surface area contributed by atoms with Crippen LogP contribution in [0.4, 0.5) is 34.1 Å². The van der Waals surface area contributed by atoms with Gasteiger partial charge in [0.1, 0.15) is 28.1 Å². The summed E-state index contributed by atoms with van der Waals surface area (Å²) in [4.78, 5) is 17.5. The molecule has 0 saturated carbocycles.